The van der Waals surface area contributed by atoms with Crippen molar-refractivity contribution in [1.29, 1.82) is 0 Å². The molecule has 1 saturated heterocycles. The van der Waals surface area contributed by atoms with Gasteiger partial charge in [-0.2, -0.15) is 11.8 Å². The SMILES string of the molecule is O=C(NC1CCSC1)c1cnc(Cl)cn1. The predicted molar refractivity (Wildman–Crippen MR) is 60.2 cm³/mol. The van der Waals surface area contributed by atoms with Gasteiger partial charge in [-0.3, -0.25) is 4.79 Å². The van der Waals surface area contributed by atoms with Crippen LogP contribution in [0.15, 0.2) is 12.4 Å². The first-order valence-electron chi connectivity index (χ1n) is 4.62. The first-order chi connectivity index (χ1) is 7.25. The monoisotopic (exact) mass is 243 g/mol. The number of carbonyl (C=O) groups is 1. The smallest absolute Gasteiger partial charge is 0.271 e. The molecule has 1 fully saturated rings. The molecule has 2 heterocycles. The fourth-order valence-electron chi connectivity index (χ4n) is 1.34. The van der Waals surface area contributed by atoms with E-state index in [1.54, 1.807) is 0 Å². The normalized spacial score (nSPS) is 20.2. The zero-order valence-corrected chi connectivity index (χ0v) is 9.51. The molecule has 0 spiro atoms. The van der Waals surface area contributed by atoms with E-state index in [0.29, 0.717) is 10.8 Å². The molecule has 1 aromatic rings. The van der Waals surface area contributed by atoms with Crippen LogP contribution in [0.5, 0.6) is 0 Å². The van der Waals surface area contributed by atoms with E-state index in [4.69, 9.17) is 11.6 Å². The van der Waals surface area contributed by atoms with Crippen LogP contribution in [0.2, 0.25) is 5.15 Å². The summed E-state index contributed by atoms with van der Waals surface area (Å²) >= 11 is 7.43. The van der Waals surface area contributed by atoms with Crippen LogP contribution < -0.4 is 5.32 Å². The zero-order valence-electron chi connectivity index (χ0n) is 7.94. The topological polar surface area (TPSA) is 54.9 Å². The molecule has 1 unspecified atom stereocenters. The molecule has 1 N–H and O–H groups in total. The van der Waals surface area contributed by atoms with Gasteiger partial charge < -0.3 is 5.32 Å². The number of nitrogens with one attached hydrogen (secondary N) is 1. The second kappa shape index (κ2) is 4.81. The highest BCUT2D eigenvalue weighted by Crippen LogP contribution is 2.17. The van der Waals surface area contributed by atoms with E-state index in [2.05, 4.69) is 15.3 Å². The molecule has 1 aliphatic heterocycles. The van der Waals surface area contributed by atoms with Crippen molar-refractivity contribution in [2.75, 3.05) is 11.5 Å². The summed E-state index contributed by atoms with van der Waals surface area (Å²) in [6.07, 6.45) is 3.79. The minimum absolute atomic E-state index is 0.174. The summed E-state index contributed by atoms with van der Waals surface area (Å²) in [5, 5.41) is 3.20. The van der Waals surface area contributed by atoms with Gasteiger partial charge in [0.05, 0.1) is 12.4 Å². The minimum Gasteiger partial charge on any atom is -0.347 e. The fourth-order valence-corrected chi connectivity index (χ4v) is 2.59. The van der Waals surface area contributed by atoms with Gasteiger partial charge in [-0.15, -0.1) is 0 Å². The molecule has 1 amide bonds. The van der Waals surface area contributed by atoms with E-state index >= 15 is 0 Å². The van der Waals surface area contributed by atoms with Crippen LogP contribution in [0.25, 0.3) is 0 Å². The summed E-state index contributed by atoms with van der Waals surface area (Å²) in [5.41, 5.74) is 0.316. The molecule has 0 saturated carbocycles. The Morgan fingerprint density at radius 2 is 2.40 bits per heavy atom. The van der Waals surface area contributed by atoms with Crippen molar-refractivity contribution in [3.63, 3.8) is 0 Å². The van der Waals surface area contributed by atoms with Crippen molar-refractivity contribution in [3.05, 3.63) is 23.2 Å². The highest BCUT2D eigenvalue weighted by Gasteiger charge is 2.18. The molecule has 4 nitrogen and oxygen atoms in total. The lowest BCUT2D eigenvalue weighted by molar-refractivity contribution is 0.0935. The Bertz CT molecular complexity index is 351. The third kappa shape index (κ3) is 2.82. The average Bonchev–Trinajstić information content (AvgIpc) is 2.71. The molecule has 1 aromatic heterocycles. The number of thioether (sulfide) groups is 1. The van der Waals surface area contributed by atoms with E-state index in [1.807, 2.05) is 11.8 Å². The Kier molecular flexibility index (Phi) is 3.43. The summed E-state index contributed by atoms with van der Waals surface area (Å²) in [5.74, 6) is 1.91. The lowest BCUT2D eigenvalue weighted by atomic mass is 10.2. The lowest BCUT2D eigenvalue weighted by Gasteiger charge is -2.09. The lowest BCUT2D eigenvalue weighted by Crippen LogP contribution is -2.35. The third-order valence-corrected chi connectivity index (χ3v) is 3.48. The maximum absolute atomic E-state index is 11.6. The molecule has 1 aliphatic rings. The van der Waals surface area contributed by atoms with Crippen LogP contribution in [0, 0.1) is 0 Å². The van der Waals surface area contributed by atoms with Gasteiger partial charge >= 0.3 is 0 Å². The number of hydrogen-bond acceptors (Lipinski definition) is 4. The molecule has 0 bridgehead atoms. The molecule has 0 aromatic carbocycles. The number of hydrogen-bond donors (Lipinski definition) is 1. The van der Waals surface area contributed by atoms with E-state index in [0.717, 1.165) is 17.9 Å². The first kappa shape index (κ1) is 10.7. The number of carbonyl (C=O) groups excluding carboxylic acids is 1. The number of aromatic nitrogens is 2. The van der Waals surface area contributed by atoms with Gasteiger partial charge in [-0.25, -0.2) is 9.97 Å². The fraction of sp³-hybridized carbons (Fsp3) is 0.444. The quantitative estimate of drug-likeness (QED) is 0.852. The molecule has 0 aliphatic carbocycles. The van der Waals surface area contributed by atoms with E-state index in [-0.39, 0.29) is 11.9 Å². The van der Waals surface area contributed by atoms with Crippen LogP contribution >= 0.6 is 23.4 Å². The molecular formula is C9H10ClN3OS. The Morgan fingerprint density at radius 3 is 3.00 bits per heavy atom. The Balaban J connectivity index is 1.98. The molecule has 15 heavy (non-hydrogen) atoms. The molecule has 2 rings (SSSR count). The second-order valence-electron chi connectivity index (χ2n) is 3.26. The minimum atomic E-state index is -0.174. The number of halogens is 1. The van der Waals surface area contributed by atoms with Gasteiger partial charge in [0.15, 0.2) is 0 Å². The van der Waals surface area contributed by atoms with Crippen LogP contribution in [0.3, 0.4) is 0 Å². The number of amides is 1. The van der Waals surface area contributed by atoms with Gasteiger partial charge in [0.2, 0.25) is 0 Å². The molecular weight excluding hydrogens is 234 g/mol. The van der Waals surface area contributed by atoms with Gasteiger partial charge in [-0.05, 0) is 12.2 Å². The predicted octanol–water partition coefficient (Wildman–Crippen LogP) is 1.37. The Hall–Kier alpha value is -0.810. The summed E-state index contributed by atoms with van der Waals surface area (Å²) < 4.78 is 0. The molecule has 0 radical (unpaired) electrons. The highest BCUT2D eigenvalue weighted by molar-refractivity contribution is 7.99. The maximum atomic E-state index is 11.6. The number of rotatable bonds is 2. The Morgan fingerprint density at radius 1 is 1.53 bits per heavy atom. The van der Waals surface area contributed by atoms with Gasteiger partial charge in [0, 0.05) is 11.8 Å². The van der Waals surface area contributed by atoms with Crippen LogP contribution in [-0.2, 0) is 0 Å². The molecule has 6 heteroatoms. The van der Waals surface area contributed by atoms with Gasteiger partial charge in [0.25, 0.3) is 5.91 Å². The van der Waals surface area contributed by atoms with Crippen molar-refractivity contribution < 1.29 is 4.79 Å². The summed E-state index contributed by atoms with van der Waals surface area (Å²) in [6.45, 7) is 0. The second-order valence-corrected chi connectivity index (χ2v) is 4.80. The van der Waals surface area contributed by atoms with Crippen LogP contribution in [0.4, 0.5) is 0 Å². The first-order valence-corrected chi connectivity index (χ1v) is 6.15. The van der Waals surface area contributed by atoms with Crippen LogP contribution in [0.1, 0.15) is 16.9 Å². The Labute approximate surface area is 96.8 Å². The van der Waals surface area contributed by atoms with Crippen molar-refractivity contribution in [2.45, 2.75) is 12.5 Å². The van der Waals surface area contributed by atoms with Crippen molar-refractivity contribution >= 4 is 29.3 Å². The van der Waals surface area contributed by atoms with Crippen LogP contribution in [-0.4, -0.2) is 33.4 Å². The highest BCUT2D eigenvalue weighted by atomic mass is 35.5. The van der Waals surface area contributed by atoms with Crippen molar-refractivity contribution in [3.8, 4) is 0 Å². The summed E-state index contributed by atoms with van der Waals surface area (Å²) in [7, 11) is 0. The van der Waals surface area contributed by atoms with Gasteiger partial charge in [-0.1, -0.05) is 11.6 Å². The molecule has 1 atom stereocenters. The summed E-state index contributed by atoms with van der Waals surface area (Å²) in [4.78, 5) is 19.4. The third-order valence-electron chi connectivity index (χ3n) is 2.12. The standard InChI is InChI=1S/C9H10ClN3OS/c10-8-4-11-7(3-12-8)9(14)13-6-1-2-15-5-6/h3-4,6H,1-2,5H2,(H,13,14). The van der Waals surface area contributed by atoms with E-state index in [1.165, 1.54) is 12.4 Å². The zero-order chi connectivity index (χ0) is 10.7. The van der Waals surface area contributed by atoms with Crippen molar-refractivity contribution in [2.24, 2.45) is 0 Å². The largest absolute Gasteiger partial charge is 0.347 e. The van der Waals surface area contributed by atoms with E-state index in [9.17, 15) is 4.79 Å². The number of nitrogens with zero attached hydrogens (tertiary/aromatic N) is 2. The summed E-state index contributed by atoms with van der Waals surface area (Å²) in [6, 6.07) is 0.264. The maximum Gasteiger partial charge on any atom is 0.271 e. The molecule has 80 valence electrons. The van der Waals surface area contributed by atoms with Gasteiger partial charge in [0.1, 0.15) is 10.8 Å². The van der Waals surface area contributed by atoms with E-state index < -0.39 is 0 Å². The average molecular weight is 244 g/mol. The van der Waals surface area contributed by atoms with Crippen molar-refractivity contribution in [1.82, 2.24) is 15.3 Å².